The largest absolute Gasteiger partial charge is 0.352 e. The van der Waals surface area contributed by atoms with E-state index < -0.39 is 28.5 Å². The third-order valence-corrected chi connectivity index (χ3v) is 7.73. The summed E-state index contributed by atoms with van der Waals surface area (Å²) in [5.41, 5.74) is 1.05. The molecule has 1 atom stereocenters. The standard InChI is InChI=1S/C27H31Cl2N3O4S/c1-5-24(27(34)30-18(2)3)31(16-19-13-14-22(28)23(29)15-19)26(33)17-32(37(4,35)36)25-12-8-10-20-9-6-7-11-21(20)25/h6-15,18,24H,5,16-17H2,1-4H3,(H,30,34)/t24-/m1/s1. The second-order valence-corrected chi connectivity index (χ2v) is 11.8. The van der Waals surface area contributed by atoms with Crippen LogP contribution in [-0.4, -0.2) is 50.0 Å². The van der Waals surface area contributed by atoms with Gasteiger partial charge in [0.05, 0.1) is 22.0 Å². The Morgan fingerprint density at radius 2 is 1.65 bits per heavy atom. The monoisotopic (exact) mass is 563 g/mol. The summed E-state index contributed by atoms with van der Waals surface area (Å²) in [5.74, 6) is -0.836. The van der Waals surface area contributed by atoms with Crippen molar-refractivity contribution in [2.45, 2.75) is 45.8 Å². The molecule has 1 N–H and O–H groups in total. The van der Waals surface area contributed by atoms with Crippen LogP contribution in [-0.2, 0) is 26.2 Å². The summed E-state index contributed by atoms with van der Waals surface area (Å²) in [6, 6.07) is 16.7. The molecule has 198 valence electrons. The molecule has 0 radical (unpaired) electrons. The van der Waals surface area contributed by atoms with E-state index in [0.717, 1.165) is 15.9 Å². The molecule has 0 heterocycles. The van der Waals surface area contributed by atoms with Crippen LogP contribution < -0.4 is 9.62 Å². The fourth-order valence-electron chi connectivity index (χ4n) is 4.16. The van der Waals surface area contributed by atoms with Crippen LogP contribution >= 0.6 is 23.2 Å². The Balaban J connectivity index is 2.04. The van der Waals surface area contributed by atoms with E-state index in [4.69, 9.17) is 23.2 Å². The number of carbonyl (C=O) groups is 2. The number of nitrogens with one attached hydrogen (secondary N) is 1. The summed E-state index contributed by atoms with van der Waals surface area (Å²) in [5, 5.41) is 5.09. The first-order valence-corrected chi connectivity index (χ1v) is 14.5. The van der Waals surface area contributed by atoms with E-state index in [9.17, 15) is 18.0 Å². The van der Waals surface area contributed by atoms with Gasteiger partial charge in [0.25, 0.3) is 0 Å². The molecule has 0 unspecified atom stereocenters. The number of anilines is 1. The minimum Gasteiger partial charge on any atom is -0.352 e. The molecule has 2 amide bonds. The SMILES string of the molecule is CC[C@H](C(=O)NC(C)C)N(Cc1ccc(Cl)c(Cl)c1)C(=O)CN(c1cccc2ccccc12)S(C)(=O)=O. The zero-order chi connectivity index (χ0) is 27.3. The lowest BCUT2D eigenvalue weighted by Crippen LogP contribution is -2.53. The number of sulfonamides is 1. The van der Waals surface area contributed by atoms with Crippen LogP contribution in [0.1, 0.15) is 32.8 Å². The number of hydrogen-bond donors (Lipinski definition) is 1. The highest BCUT2D eigenvalue weighted by Crippen LogP contribution is 2.29. The van der Waals surface area contributed by atoms with Gasteiger partial charge in [0.1, 0.15) is 12.6 Å². The molecule has 0 aliphatic rings. The van der Waals surface area contributed by atoms with Gasteiger partial charge in [-0.1, -0.05) is 72.6 Å². The third-order valence-electron chi connectivity index (χ3n) is 5.87. The van der Waals surface area contributed by atoms with Crippen molar-refractivity contribution in [3.8, 4) is 0 Å². The smallest absolute Gasteiger partial charge is 0.244 e. The quantitative estimate of drug-likeness (QED) is 0.365. The molecule has 0 spiro atoms. The van der Waals surface area contributed by atoms with Gasteiger partial charge < -0.3 is 10.2 Å². The number of benzene rings is 3. The predicted octanol–water partition coefficient (Wildman–Crippen LogP) is 5.24. The third kappa shape index (κ3) is 7.15. The van der Waals surface area contributed by atoms with Crippen molar-refractivity contribution in [3.05, 3.63) is 76.3 Å². The number of halogens is 2. The summed E-state index contributed by atoms with van der Waals surface area (Å²) < 4.78 is 27.0. The molecule has 3 rings (SSSR count). The van der Waals surface area contributed by atoms with Gasteiger partial charge >= 0.3 is 0 Å². The van der Waals surface area contributed by atoms with E-state index in [2.05, 4.69) is 5.32 Å². The summed E-state index contributed by atoms with van der Waals surface area (Å²) >= 11 is 12.3. The number of nitrogens with zero attached hydrogens (tertiary/aromatic N) is 2. The van der Waals surface area contributed by atoms with Crippen LogP contribution in [0.5, 0.6) is 0 Å². The highest BCUT2D eigenvalue weighted by Gasteiger charge is 2.32. The van der Waals surface area contributed by atoms with Gasteiger partial charge in [-0.3, -0.25) is 13.9 Å². The molecule has 0 saturated heterocycles. The first-order chi connectivity index (χ1) is 17.4. The Labute approximate surface area is 228 Å². The highest BCUT2D eigenvalue weighted by atomic mass is 35.5. The average Bonchev–Trinajstić information content (AvgIpc) is 2.83. The van der Waals surface area contributed by atoms with Gasteiger partial charge in [0, 0.05) is 18.0 Å². The Morgan fingerprint density at radius 1 is 0.973 bits per heavy atom. The van der Waals surface area contributed by atoms with Crippen molar-refractivity contribution in [3.63, 3.8) is 0 Å². The number of amides is 2. The maximum Gasteiger partial charge on any atom is 0.244 e. The number of carbonyl (C=O) groups excluding carboxylic acids is 2. The first kappa shape index (κ1) is 28.8. The van der Waals surface area contributed by atoms with Crippen LogP contribution in [0.15, 0.2) is 60.7 Å². The van der Waals surface area contributed by atoms with Gasteiger partial charge in [-0.15, -0.1) is 0 Å². The van der Waals surface area contributed by atoms with Gasteiger partial charge in [-0.2, -0.15) is 0 Å². The number of hydrogen-bond acceptors (Lipinski definition) is 4. The Kier molecular flexibility index (Phi) is 9.45. The van der Waals surface area contributed by atoms with E-state index in [0.29, 0.717) is 33.1 Å². The fourth-order valence-corrected chi connectivity index (χ4v) is 5.34. The number of rotatable bonds is 10. The summed E-state index contributed by atoms with van der Waals surface area (Å²) in [4.78, 5) is 28.3. The van der Waals surface area contributed by atoms with Gasteiger partial charge in [-0.25, -0.2) is 8.42 Å². The predicted molar refractivity (Wildman–Crippen MR) is 151 cm³/mol. The second kappa shape index (κ2) is 12.2. The molecule has 3 aromatic rings. The van der Waals surface area contributed by atoms with Crippen molar-refractivity contribution in [1.29, 1.82) is 0 Å². The van der Waals surface area contributed by atoms with Crippen LogP contribution in [0.3, 0.4) is 0 Å². The lowest BCUT2D eigenvalue weighted by atomic mass is 10.1. The van der Waals surface area contributed by atoms with Crippen LogP contribution in [0.25, 0.3) is 10.8 Å². The minimum absolute atomic E-state index is 0.0485. The van der Waals surface area contributed by atoms with E-state index in [1.807, 2.05) is 44.2 Å². The Morgan fingerprint density at radius 3 is 2.27 bits per heavy atom. The molecule has 7 nitrogen and oxygen atoms in total. The van der Waals surface area contributed by atoms with Crippen molar-refractivity contribution in [2.75, 3.05) is 17.1 Å². The Hall–Kier alpha value is -2.81. The topological polar surface area (TPSA) is 86.8 Å². The second-order valence-electron chi connectivity index (χ2n) is 9.13. The highest BCUT2D eigenvalue weighted by molar-refractivity contribution is 7.92. The van der Waals surface area contributed by atoms with E-state index in [1.54, 1.807) is 37.3 Å². The molecule has 37 heavy (non-hydrogen) atoms. The maximum absolute atomic E-state index is 13.8. The molecular weight excluding hydrogens is 533 g/mol. The molecule has 0 aliphatic heterocycles. The molecule has 0 aliphatic carbocycles. The van der Waals surface area contributed by atoms with Crippen LogP contribution in [0.4, 0.5) is 5.69 Å². The summed E-state index contributed by atoms with van der Waals surface area (Å²) in [7, 11) is -3.85. The van der Waals surface area contributed by atoms with Crippen LogP contribution in [0.2, 0.25) is 10.0 Å². The van der Waals surface area contributed by atoms with Gasteiger partial charge in [-0.05, 0) is 49.4 Å². The Bertz CT molecular complexity index is 1390. The molecular formula is C27H31Cl2N3O4S. The number of fused-ring (bicyclic) bond motifs is 1. The van der Waals surface area contributed by atoms with Crippen molar-refractivity contribution in [2.24, 2.45) is 0 Å². The molecule has 0 aromatic heterocycles. The summed E-state index contributed by atoms with van der Waals surface area (Å²) in [6.45, 7) is 5.05. The normalized spacial score (nSPS) is 12.4. The van der Waals surface area contributed by atoms with Gasteiger partial charge in [0.2, 0.25) is 21.8 Å². The van der Waals surface area contributed by atoms with E-state index in [1.165, 1.54) is 4.90 Å². The van der Waals surface area contributed by atoms with Gasteiger partial charge in [0.15, 0.2) is 0 Å². The molecule has 10 heteroatoms. The lowest BCUT2D eigenvalue weighted by molar-refractivity contribution is -0.140. The van der Waals surface area contributed by atoms with Crippen molar-refractivity contribution >= 4 is 61.5 Å². The van der Waals surface area contributed by atoms with E-state index >= 15 is 0 Å². The maximum atomic E-state index is 13.8. The fraction of sp³-hybridized carbons (Fsp3) is 0.333. The molecule has 0 bridgehead atoms. The molecule has 0 fully saturated rings. The molecule has 0 saturated carbocycles. The molecule has 3 aromatic carbocycles. The first-order valence-electron chi connectivity index (χ1n) is 11.9. The zero-order valence-electron chi connectivity index (χ0n) is 21.2. The van der Waals surface area contributed by atoms with E-state index in [-0.39, 0.29) is 18.5 Å². The summed E-state index contributed by atoms with van der Waals surface area (Å²) in [6.07, 6.45) is 1.40. The zero-order valence-corrected chi connectivity index (χ0v) is 23.6. The van der Waals surface area contributed by atoms with Crippen LogP contribution in [0, 0.1) is 0 Å². The van der Waals surface area contributed by atoms with Crippen molar-refractivity contribution in [1.82, 2.24) is 10.2 Å². The minimum atomic E-state index is -3.85. The van der Waals surface area contributed by atoms with Crippen molar-refractivity contribution < 1.29 is 18.0 Å². The lowest BCUT2D eigenvalue weighted by Gasteiger charge is -2.33. The average molecular weight is 565 g/mol.